The molecule has 4 rings (SSSR count). The highest BCUT2D eigenvalue weighted by Crippen LogP contribution is 2.37. The van der Waals surface area contributed by atoms with Crippen molar-refractivity contribution in [3.63, 3.8) is 0 Å². The van der Waals surface area contributed by atoms with E-state index in [1.54, 1.807) is 5.01 Å². The van der Waals surface area contributed by atoms with Crippen LogP contribution < -0.4 is 5.43 Å². The number of amides is 1. The summed E-state index contributed by atoms with van der Waals surface area (Å²) in [5, 5.41) is 1.73. The summed E-state index contributed by atoms with van der Waals surface area (Å²) in [6.07, 6.45) is 0.599. The fourth-order valence-corrected chi connectivity index (χ4v) is 3.39. The average molecular weight is 328 g/mol. The second-order valence-electron chi connectivity index (χ2n) is 6.26. The van der Waals surface area contributed by atoms with Gasteiger partial charge in [-0.3, -0.25) is 9.80 Å². The Morgan fingerprint density at radius 3 is 1.36 bits per heavy atom. The molecule has 3 heteroatoms. The predicted molar refractivity (Wildman–Crippen MR) is 98.7 cm³/mol. The minimum Gasteiger partial charge on any atom is -0.276 e. The second kappa shape index (κ2) is 6.54. The predicted octanol–water partition coefficient (Wildman–Crippen LogP) is 3.72. The fourth-order valence-electron chi connectivity index (χ4n) is 3.39. The number of nitrogens with zero attached hydrogens (tertiary/aromatic N) is 1. The summed E-state index contributed by atoms with van der Waals surface area (Å²) in [6.45, 7) is 0.729. The van der Waals surface area contributed by atoms with E-state index in [0.29, 0.717) is 6.42 Å². The summed E-state index contributed by atoms with van der Waals surface area (Å²) in [5.41, 5.74) is 6.25. The van der Waals surface area contributed by atoms with Gasteiger partial charge in [-0.25, -0.2) is 5.43 Å². The van der Waals surface area contributed by atoms with E-state index in [0.717, 1.165) is 23.2 Å². The third-order valence-corrected chi connectivity index (χ3v) is 4.77. The Morgan fingerprint density at radius 1 is 0.680 bits per heavy atom. The lowest BCUT2D eigenvalue weighted by Gasteiger charge is -2.44. The normalized spacial score (nSPS) is 14.2. The van der Waals surface area contributed by atoms with Crippen molar-refractivity contribution in [1.29, 1.82) is 0 Å². The highest BCUT2D eigenvalue weighted by Gasteiger charge is 2.40. The zero-order valence-corrected chi connectivity index (χ0v) is 13.9. The van der Waals surface area contributed by atoms with Crippen molar-refractivity contribution in [2.24, 2.45) is 0 Å². The number of carbonyl (C=O) groups excluding carboxylic acids is 1. The monoisotopic (exact) mass is 328 g/mol. The van der Waals surface area contributed by atoms with Crippen molar-refractivity contribution in [3.8, 4) is 0 Å². The number of carbonyl (C=O) groups is 1. The minimum atomic E-state index is -0.611. The van der Waals surface area contributed by atoms with Gasteiger partial charge in [-0.2, -0.15) is 0 Å². The van der Waals surface area contributed by atoms with Crippen molar-refractivity contribution >= 4 is 5.91 Å². The molecule has 0 aromatic heterocycles. The Kier molecular flexibility index (Phi) is 4.08. The zero-order chi connectivity index (χ0) is 17.1. The molecule has 3 aromatic rings. The summed E-state index contributed by atoms with van der Waals surface area (Å²) in [4.78, 5) is 12.1. The second-order valence-corrected chi connectivity index (χ2v) is 6.26. The van der Waals surface area contributed by atoms with Crippen LogP contribution in [0.2, 0.25) is 0 Å². The Balaban J connectivity index is 1.95. The SMILES string of the molecule is O=C1CCN1NC(c1ccccc1)(c1ccccc1)c1ccccc1. The maximum atomic E-state index is 12.1. The van der Waals surface area contributed by atoms with Crippen LogP contribution in [0.15, 0.2) is 91.0 Å². The Morgan fingerprint density at radius 2 is 1.08 bits per heavy atom. The standard InChI is InChI=1S/C22H20N2O/c25-21-16-17-24(21)23-22(18-10-4-1-5-11-18,19-12-6-2-7-13-19)20-14-8-3-9-15-20/h1-15,23H,16-17H2. The Bertz CT molecular complexity index is 750. The molecule has 0 saturated carbocycles. The molecular formula is C22H20N2O. The number of hydrazine groups is 1. The molecule has 1 saturated heterocycles. The van der Waals surface area contributed by atoms with E-state index in [4.69, 9.17) is 0 Å². The number of β-lactam (4-membered cyclic amide) rings is 1. The molecule has 1 aliphatic rings. The molecule has 1 amide bonds. The number of nitrogens with one attached hydrogen (secondary N) is 1. The quantitative estimate of drug-likeness (QED) is 0.572. The third-order valence-electron chi connectivity index (χ3n) is 4.77. The topological polar surface area (TPSA) is 32.3 Å². The Hall–Kier alpha value is -2.91. The molecule has 0 radical (unpaired) electrons. The van der Waals surface area contributed by atoms with Crippen LogP contribution in [0.5, 0.6) is 0 Å². The van der Waals surface area contributed by atoms with Crippen molar-refractivity contribution in [2.45, 2.75) is 12.0 Å². The van der Waals surface area contributed by atoms with E-state index < -0.39 is 5.54 Å². The molecule has 3 nitrogen and oxygen atoms in total. The maximum Gasteiger partial charge on any atom is 0.238 e. The molecule has 124 valence electrons. The van der Waals surface area contributed by atoms with E-state index in [1.165, 1.54) is 0 Å². The van der Waals surface area contributed by atoms with Crippen LogP contribution in [-0.4, -0.2) is 17.5 Å². The molecule has 0 bridgehead atoms. The molecule has 1 aliphatic heterocycles. The highest BCUT2D eigenvalue weighted by molar-refractivity contribution is 5.81. The van der Waals surface area contributed by atoms with Gasteiger partial charge in [0.25, 0.3) is 0 Å². The van der Waals surface area contributed by atoms with Crippen LogP contribution in [0.4, 0.5) is 0 Å². The van der Waals surface area contributed by atoms with Gasteiger partial charge >= 0.3 is 0 Å². The summed E-state index contributed by atoms with van der Waals surface area (Å²) < 4.78 is 0. The summed E-state index contributed by atoms with van der Waals surface area (Å²) in [7, 11) is 0. The molecule has 1 fully saturated rings. The van der Waals surface area contributed by atoms with Gasteiger partial charge in [-0.15, -0.1) is 0 Å². The fraction of sp³-hybridized carbons (Fsp3) is 0.136. The molecule has 0 aliphatic carbocycles. The lowest BCUT2D eigenvalue weighted by Crippen LogP contribution is -2.60. The van der Waals surface area contributed by atoms with Crippen LogP contribution in [0.25, 0.3) is 0 Å². The van der Waals surface area contributed by atoms with Gasteiger partial charge < -0.3 is 0 Å². The van der Waals surface area contributed by atoms with E-state index >= 15 is 0 Å². The molecule has 3 aromatic carbocycles. The number of hydrogen-bond donors (Lipinski definition) is 1. The van der Waals surface area contributed by atoms with Gasteiger partial charge in [-0.05, 0) is 16.7 Å². The summed E-state index contributed by atoms with van der Waals surface area (Å²) >= 11 is 0. The van der Waals surface area contributed by atoms with Gasteiger partial charge in [0.15, 0.2) is 0 Å². The molecule has 1 N–H and O–H groups in total. The lowest BCUT2D eigenvalue weighted by molar-refractivity contribution is -0.146. The number of rotatable bonds is 5. The maximum absolute atomic E-state index is 12.1. The third kappa shape index (κ3) is 2.73. The van der Waals surface area contributed by atoms with Crippen LogP contribution in [0.3, 0.4) is 0 Å². The Labute approximate surface area is 147 Å². The highest BCUT2D eigenvalue weighted by atomic mass is 16.2. The molecule has 1 heterocycles. The number of benzene rings is 3. The van der Waals surface area contributed by atoms with Crippen LogP contribution in [-0.2, 0) is 10.3 Å². The minimum absolute atomic E-state index is 0.132. The van der Waals surface area contributed by atoms with Crippen molar-refractivity contribution in [2.75, 3.05) is 6.54 Å². The van der Waals surface area contributed by atoms with Crippen molar-refractivity contribution < 1.29 is 4.79 Å². The smallest absolute Gasteiger partial charge is 0.238 e. The summed E-state index contributed by atoms with van der Waals surface area (Å²) in [6, 6.07) is 30.9. The van der Waals surface area contributed by atoms with Crippen molar-refractivity contribution in [3.05, 3.63) is 108 Å². The molecule has 0 unspecified atom stereocenters. The zero-order valence-electron chi connectivity index (χ0n) is 13.9. The van der Waals surface area contributed by atoms with Crippen LogP contribution in [0.1, 0.15) is 23.1 Å². The average Bonchev–Trinajstić information content (AvgIpc) is 2.70. The van der Waals surface area contributed by atoms with Crippen molar-refractivity contribution in [1.82, 2.24) is 10.4 Å². The van der Waals surface area contributed by atoms with Gasteiger partial charge in [0.2, 0.25) is 5.91 Å². The molecule has 0 spiro atoms. The van der Waals surface area contributed by atoms with E-state index in [-0.39, 0.29) is 5.91 Å². The van der Waals surface area contributed by atoms with Crippen LogP contribution >= 0.6 is 0 Å². The molecular weight excluding hydrogens is 308 g/mol. The molecule has 25 heavy (non-hydrogen) atoms. The van der Waals surface area contributed by atoms with Crippen LogP contribution in [0, 0.1) is 0 Å². The van der Waals surface area contributed by atoms with Gasteiger partial charge in [-0.1, -0.05) is 91.0 Å². The first-order valence-corrected chi connectivity index (χ1v) is 8.55. The first kappa shape index (κ1) is 15.6. The molecule has 0 atom stereocenters. The lowest BCUT2D eigenvalue weighted by atomic mass is 9.77. The first-order valence-electron chi connectivity index (χ1n) is 8.55. The first-order chi connectivity index (χ1) is 12.3. The van der Waals surface area contributed by atoms with E-state index in [9.17, 15) is 4.79 Å². The van der Waals surface area contributed by atoms with Gasteiger partial charge in [0.05, 0.1) is 0 Å². The van der Waals surface area contributed by atoms with Gasteiger partial charge in [0, 0.05) is 13.0 Å². The summed E-state index contributed by atoms with van der Waals surface area (Å²) in [5.74, 6) is 0.132. The van der Waals surface area contributed by atoms with E-state index in [2.05, 4.69) is 41.8 Å². The largest absolute Gasteiger partial charge is 0.276 e. The number of hydrogen-bond acceptors (Lipinski definition) is 2. The van der Waals surface area contributed by atoms with E-state index in [1.807, 2.05) is 54.6 Å². The van der Waals surface area contributed by atoms with Gasteiger partial charge in [0.1, 0.15) is 5.54 Å².